The molecule has 0 bridgehead atoms. The third-order valence-electron chi connectivity index (χ3n) is 3.97. The highest BCUT2D eigenvalue weighted by molar-refractivity contribution is 5.76. The first kappa shape index (κ1) is 14.5. The van der Waals surface area contributed by atoms with E-state index in [2.05, 4.69) is 12.2 Å². The molecule has 0 aromatic carbocycles. The number of carbonyl (C=O) groups is 1. The fourth-order valence-electron chi connectivity index (χ4n) is 2.72. The van der Waals surface area contributed by atoms with Gasteiger partial charge in [0.15, 0.2) is 0 Å². The summed E-state index contributed by atoms with van der Waals surface area (Å²) >= 11 is 0. The highest BCUT2D eigenvalue weighted by Crippen LogP contribution is 2.23. The molecule has 2 atom stereocenters. The third-order valence-corrected chi connectivity index (χ3v) is 3.97. The van der Waals surface area contributed by atoms with E-state index in [4.69, 9.17) is 0 Å². The predicted octanol–water partition coefficient (Wildman–Crippen LogP) is 2.41. The molecule has 0 spiro atoms. The Labute approximate surface area is 106 Å². The molecule has 1 N–H and O–H groups in total. The first-order chi connectivity index (χ1) is 8.19. The van der Waals surface area contributed by atoms with E-state index in [1.54, 1.807) is 0 Å². The quantitative estimate of drug-likeness (QED) is 0.773. The highest BCUT2D eigenvalue weighted by atomic mass is 16.2. The molecule has 1 fully saturated rings. The minimum atomic E-state index is 0.283. The maximum absolute atomic E-state index is 11.8. The molecule has 0 radical (unpaired) electrons. The topological polar surface area (TPSA) is 32.3 Å². The summed E-state index contributed by atoms with van der Waals surface area (Å²) < 4.78 is 0. The van der Waals surface area contributed by atoms with E-state index in [9.17, 15) is 4.79 Å². The van der Waals surface area contributed by atoms with Crippen LogP contribution in [0.5, 0.6) is 0 Å². The van der Waals surface area contributed by atoms with Crippen molar-refractivity contribution in [2.24, 2.45) is 5.92 Å². The van der Waals surface area contributed by atoms with Gasteiger partial charge in [-0.25, -0.2) is 0 Å². The summed E-state index contributed by atoms with van der Waals surface area (Å²) in [4.78, 5) is 13.7. The van der Waals surface area contributed by atoms with Crippen LogP contribution in [0.2, 0.25) is 0 Å². The molecule has 3 heteroatoms. The summed E-state index contributed by atoms with van der Waals surface area (Å²) in [7, 11) is 0. The zero-order chi connectivity index (χ0) is 12.7. The SMILES string of the molecule is CCN(CC)C(=O)CCNC1CCCCC1C. The molecular formula is C14H28N2O. The van der Waals surface area contributed by atoms with Crippen LogP contribution in [0.1, 0.15) is 52.9 Å². The number of carbonyl (C=O) groups excluding carboxylic acids is 1. The molecule has 1 aliphatic carbocycles. The maximum Gasteiger partial charge on any atom is 0.223 e. The van der Waals surface area contributed by atoms with Crippen molar-refractivity contribution in [2.45, 2.75) is 58.9 Å². The molecule has 1 saturated carbocycles. The van der Waals surface area contributed by atoms with Crippen LogP contribution in [0.25, 0.3) is 0 Å². The Morgan fingerprint density at radius 3 is 2.47 bits per heavy atom. The first-order valence-electron chi connectivity index (χ1n) is 7.20. The molecular weight excluding hydrogens is 212 g/mol. The zero-order valence-corrected chi connectivity index (χ0v) is 11.7. The molecule has 17 heavy (non-hydrogen) atoms. The van der Waals surface area contributed by atoms with Crippen molar-refractivity contribution in [3.8, 4) is 0 Å². The van der Waals surface area contributed by atoms with E-state index < -0.39 is 0 Å². The molecule has 1 amide bonds. The van der Waals surface area contributed by atoms with E-state index in [1.165, 1.54) is 25.7 Å². The lowest BCUT2D eigenvalue weighted by Crippen LogP contribution is -2.40. The molecule has 0 aromatic rings. The van der Waals surface area contributed by atoms with Gasteiger partial charge in [-0.15, -0.1) is 0 Å². The van der Waals surface area contributed by atoms with Gasteiger partial charge in [0.2, 0.25) is 5.91 Å². The Morgan fingerprint density at radius 2 is 1.88 bits per heavy atom. The zero-order valence-electron chi connectivity index (χ0n) is 11.7. The van der Waals surface area contributed by atoms with Gasteiger partial charge in [0, 0.05) is 32.1 Å². The molecule has 1 rings (SSSR count). The van der Waals surface area contributed by atoms with Crippen LogP contribution in [0.3, 0.4) is 0 Å². The van der Waals surface area contributed by atoms with Gasteiger partial charge in [0.05, 0.1) is 0 Å². The van der Waals surface area contributed by atoms with Crippen LogP contribution in [0.4, 0.5) is 0 Å². The molecule has 2 unspecified atom stereocenters. The standard InChI is InChI=1S/C14H28N2O/c1-4-16(5-2)14(17)10-11-15-13-9-7-6-8-12(13)3/h12-13,15H,4-11H2,1-3H3. The van der Waals surface area contributed by atoms with Gasteiger partial charge < -0.3 is 10.2 Å². The molecule has 1 aliphatic rings. The summed E-state index contributed by atoms with van der Waals surface area (Å²) in [6.07, 6.45) is 5.97. The van der Waals surface area contributed by atoms with Gasteiger partial charge in [-0.2, -0.15) is 0 Å². The number of hydrogen-bond donors (Lipinski definition) is 1. The normalized spacial score (nSPS) is 24.6. The van der Waals surface area contributed by atoms with Crippen molar-refractivity contribution in [2.75, 3.05) is 19.6 Å². The highest BCUT2D eigenvalue weighted by Gasteiger charge is 2.20. The first-order valence-corrected chi connectivity index (χ1v) is 7.20. The largest absolute Gasteiger partial charge is 0.343 e. The molecule has 0 saturated heterocycles. The number of nitrogens with zero attached hydrogens (tertiary/aromatic N) is 1. The van der Waals surface area contributed by atoms with Crippen molar-refractivity contribution >= 4 is 5.91 Å². The predicted molar refractivity (Wildman–Crippen MR) is 72.0 cm³/mol. The van der Waals surface area contributed by atoms with Gasteiger partial charge in [-0.05, 0) is 32.6 Å². The Morgan fingerprint density at radius 1 is 1.24 bits per heavy atom. The van der Waals surface area contributed by atoms with E-state index >= 15 is 0 Å². The Balaban J connectivity index is 2.20. The second-order valence-corrected chi connectivity index (χ2v) is 5.14. The van der Waals surface area contributed by atoms with Crippen LogP contribution in [-0.2, 0) is 4.79 Å². The van der Waals surface area contributed by atoms with Gasteiger partial charge in [-0.3, -0.25) is 4.79 Å². The molecule has 0 aliphatic heterocycles. The van der Waals surface area contributed by atoms with Crippen molar-refractivity contribution < 1.29 is 4.79 Å². The monoisotopic (exact) mass is 240 g/mol. The van der Waals surface area contributed by atoms with Crippen molar-refractivity contribution in [3.05, 3.63) is 0 Å². The van der Waals surface area contributed by atoms with E-state index in [1.807, 2.05) is 18.7 Å². The van der Waals surface area contributed by atoms with Crippen LogP contribution >= 0.6 is 0 Å². The van der Waals surface area contributed by atoms with Crippen molar-refractivity contribution in [1.29, 1.82) is 0 Å². The number of amides is 1. The average molecular weight is 240 g/mol. The number of hydrogen-bond acceptors (Lipinski definition) is 2. The summed E-state index contributed by atoms with van der Waals surface area (Å²) in [5.41, 5.74) is 0. The summed E-state index contributed by atoms with van der Waals surface area (Å²) in [6, 6.07) is 0.633. The van der Waals surface area contributed by atoms with E-state index in [-0.39, 0.29) is 5.91 Å². The molecule has 100 valence electrons. The van der Waals surface area contributed by atoms with Crippen molar-refractivity contribution in [1.82, 2.24) is 10.2 Å². The number of rotatable bonds is 6. The van der Waals surface area contributed by atoms with Crippen molar-refractivity contribution in [3.63, 3.8) is 0 Å². The lowest BCUT2D eigenvalue weighted by Gasteiger charge is -2.30. The smallest absolute Gasteiger partial charge is 0.223 e. The minimum absolute atomic E-state index is 0.283. The Kier molecular flexibility index (Phi) is 6.56. The lowest BCUT2D eigenvalue weighted by molar-refractivity contribution is -0.130. The summed E-state index contributed by atoms with van der Waals surface area (Å²) in [5.74, 6) is 1.05. The van der Waals surface area contributed by atoms with Gasteiger partial charge in [0.1, 0.15) is 0 Å². The summed E-state index contributed by atoms with van der Waals surface area (Å²) in [5, 5.41) is 3.56. The second kappa shape index (κ2) is 7.70. The Hall–Kier alpha value is -0.570. The van der Waals surface area contributed by atoms with Crippen LogP contribution < -0.4 is 5.32 Å². The second-order valence-electron chi connectivity index (χ2n) is 5.14. The fraction of sp³-hybridized carbons (Fsp3) is 0.929. The fourth-order valence-corrected chi connectivity index (χ4v) is 2.72. The van der Waals surface area contributed by atoms with Crippen LogP contribution in [0, 0.1) is 5.92 Å². The van der Waals surface area contributed by atoms with E-state index in [0.29, 0.717) is 12.5 Å². The third kappa shape index (κ3) is 4.66. The average Bonchev–Trinajstić information content (AvgIpc) is 2.33. The maximum atomic E-state index is 11.8. The van der Waals surface area contributed by atoms with Gasteiger partial charge in [0.25, 0.3) is 0 Å². The van der Waals surface area contributed by atoms with Crippen LogP contribution in [0.15, 0.2) is 0 Å². The molecule has 3 nitrogen and oxygen atoms in total. The summed E-state index contributed by atoms with van der Waals surface area (Å²) in [6.45, 7) is 8.90. The van der Waals surface area contributed by atoms with E-state index in [0.717, 1.165) is 25.6 Å². The van der Waals surface area contributed by atoms with Gasteiger partial charge >= 0.3 is 0 Å². The molecule has 0 aromatic heterocycles. The molecule has 0 heterocycles. The Bertz CT molecular complexity index is 226. The van der Waals surface area contributed by atoms with Gasteiger partial charge in [-0.1, -0.05) is 19.8 Å². The van der Waals surface area contributed by atoms with Crippen LogP contribution in [-0.4, -0.2) is 36.5 Å². The lowest BCUT2D eigenvalue weighted by atomic mass is 9.86. The minimum Gasteiger partial charge on any atom is -0.343 e. The number of nitrogens with one attached hydrogen (secondary N) is 1.